The predicted molar refractivity (Wildman–Crippen MR) is 88.1 cm³/mol. The van der Waals surface area contributed by atoms with Crippen molar-refractivity contribution in [2.75, 3.05) is 13.2 Å². The number of amidine groups is 1. The molecule has 0 spiro atoms. The second-order valence-corrected chi connectivity index (χ2v) is 5.19. The Hall–Kier alpha value is -3.22. The summed E-state index contributed by atoms with van der Waals surface area (Å²) in [5, 5.41) is 13.9. The first-order chi connectivity index (χ1) is 11.6. The van der Waals surface area contributed by atoms with E-state index in [2.05, 4.69) is 10.3 Å². The van der Waals surface area contributed by atoms with Gasteiger partial charge in [-0.1, -0.05) is 30.3 Å². The molecule has 122 valence electrons. The number of carbonyl (C=O) groups excluding carboxylic acids is 1. The minimum atomic E-state index is -0.589. The van der Waals surface area contributed by atoms with Gasteiger partial charge in [-0.25, -0.2) is 4.79 Å². The van der Waals surface area contributed by atoms with Crippen molar-refractivity contribution in [3.63, 3.8) is 0 Å². The van der Waals surface area contributed by atoms with Gasteiger partial charge in [-0.3, -0.25) is 15.1 Å². The molecule has 2 aromatic carbocycles. The fourth-order valence-electron chi connectivity index (χ4n) is 2.43. The summed E-state index contributed by atoms with van der Waals surface area (Å²) in [5.74, 6) is 0.200. The van der Waals surface area contributed by atoms with Crippen LogP contribution in [0.4, 0.5) is 5.69 Å². The van der Waals surface area contributed by atoms with Crippen molar-refractivity contribution in [3.8, 4) is 0 Å². The first-order valence-electron chi connectivity index (χ1n) is 7.43. The number of nitro benzene ring substituents is 1. The molecule has 0 atom stereocenters. The zero-order valence-corrected chi connectivity index (χ0v) is 12.8. The van der Waals surface area contributed by atoms with Crippen molar-refractivity contribution in [2.24, 2.45) is 4.99 Å². The van der Waals surface area contributed by atoms with Gasteiger partial charge in [-0.2, -0.15) is 0 Å². The lowest BCUT2D eigenvalue weighted by atomic mass is 10.1. The normalized spacial score (nSPS) is 12.2. The van der Waals surface area contributed by atoms with Crippen LogP contribution in [0.25, 0.3) is 0 Å². The summed E-state index contributed by atoms with van der Waals surface area (Å²) >= 11 is 0. The molecule has 24 heavy (non-hydrogen) atoms. The number of ether oxygens (including phenoxy) is 1. The fourth-order valence-corrected chi connectivity index (χ4v) is 2.43. The molecular weight excluding hydrogens is 310 g/mol. The SMILES string of the molecule is O=C(OCCNC1=NCc2ccccc21)c1cccc([N+](=O)[O-])c1. The number of non-ortho nitro benzene ring substituents is 1. The van der Waals surface area contributed by atoms with Crippen LogP contribution < -0.4 is 5.32 Å². The fraction of sp³-hybridized carbons (Fsp3) is 0.176. The first kappa shape index (κ1) is 15.7. The van der Waals surface area contributed by atoms with Crippen LogP contribution in [-0.4, -0.2) is 29.9 Å². The molecule has 7 heteroatoms. The molecule has 3 rings (SSSR count). The van der Waals surface area contributed by atoms with E-state index < -0.39 is 10.9 Å². The molecule has 1 aliphatic rings. The largest absolute Gasteiger partial charge is 0.460 e. The zero-order chi connectivity index (χ0) is 16.9. The number of hydrogen-bond donors (Lipinski definition) is 1. The number of esters is 1. The van der Waals surface area contributed by atoms with E-state index in [9.17, 15) is 14.9 Å². The molecule has 0 fully saturated rings. The maximum Gasteiger partial charge on any atom is 0.338 e. The molecule has 0 aromatic heterocycles. The lowest BCUT2D eigenvalue weighted by Crippen LogP contribution is -2.27. The monoisotopic (exact) mass is 325 g/mol. The van der Waals surface area contributed by atoms with Gasteiger partial charge in [0.15, 0.2) is 0 Å². The van der Waals surface area contributed by atoms with Crippen molar-refractivity contribution in [3.05, 3.63) is 75.3 Å². The third kappa shape index (κ3) is 3.40. The van der Waals surface area contributed by atoms with Gasteiger partial charge in [0.2, 0.25) is 0 Å². The van der Waals surface area contributed by atoms with E-state index in [1.54, 1.807) is 0 Å². The van der Waals surface area contributed by atoms with Crippen molar-refractivity contribution in [2.45, 2.75) is 6.54 Å². The topological polar surface area (TPSA) is 93.8 Å². The number of carbonyl (C=O) groups is 1. The number of hydrogen-bond acceptors (Lipinski definition) is 6. The van der Waals surface area contributed by atoms with E-state index in [1.165, 1.54) is 24.3 Å². The average Bonchev–Trinajstić information content (AvgIpc) is 3.02. The molecule has 0 amide bonds. The molecule has 1 N–H and O–H groups in total. The van der Waals surface area contributed by atoms with Gasteiger partial charge in [0, 0.05) is 17.7 Å². The maximum atomic E-state index is 11.9. The molecule has 0 saturated heterocycles. The smallest absolute Gasteiger partial charge is 0.338 e. The van der Waals surface area contributed by atoms with Gasteiger partial charge in [-0.15, -0.1) is 0 Å². The van der Waals surface area contributed by atoms with Crippen molar-refractivity contribution < 1.29 is 14.5 Å². The zero-order valence-electron chi connectivity index (χ0n) is 12.8. The number of nitrogens with one attached hydrogen (secondary N) is 1. The lowest BCUT2D eigenvalue weighted by molar-refractivity contribution is -0.384. The summed E-state index contributed by atoms with van der Waals surface area (Å²) in [6.45, 7) is 1.20. The standard InChI is InChI=1S/C17H15N3O4/c21-17(12-5-3-6-14(10-12)20(22)23)24-9-8-18-16-15-7-2-1-4-13(15)11-19-16/h1-7,10H,8-9,11H2,(H,18,19). The molecule has 0 radical (unpaired) electrons. The second kappa shape index (κ2) is 6.91. The number of nitrogens with zero attached hydrogens (tertiary/aromatic N) is 2. The Balaban J connectivity index is 1.50. The van der Waals surface area contributed by atoms with E-state index in [0.717, 1.165) is 17.0 Å². The van der Waals surface area contributed by atoms with E-state index >= 15 is 0 Å². The summed E-state index contributed by atoms with van der Waals surface area (Å²) in [7, 11) is 0. The third-order valence-corrected chi connectivity index (χ3v) is 3.60. The van der Waals surface area contributed by atoms with Crippen molar-refractivity contribution in [1.82, 2.24) is 5.32 Å². The minimum absolute atomic E-state index is 0.139. The Kier molecular flexibility index (Phi) is 4.51. The number of fused-ring (bicyclic) bond motifs is 1. The molecule has 0 aliphatic carbocycles. The highest BCUT2D eigenvalue weighted by atomic mass is 16.6. The van der Waals surface area contributed by atoms with Crippen LogP contribution >= 0.6 is 0 Å². The lowest BCUT2D eigenvalue weighted by Gasteiger charge is -2.08. The van der Waals surface area contributed by atoms with Crippen LogP contribution in [0.15, 0.2) is 53.5 Å². The molecular formula is C17H15N3O4. The number of benzene rings is 2. The Morgan fingerprint density at radius 1 is 1.25 bits per heavy atom. The third-order valence-electron chi connectivity index (χ3n) is 3.60. The van der Waals surface area contributed by atoms with Crippen molar-refractivity contribution >= 4 is 17.5 Å². The Morgan fingerprint density at radius 3 is 2.92 bits per heavy atom. The highest BCUT2D eigenvalue weighted by molar-refractivity contribution is 6.01. The molecule has 1 aliphatic heterocycles. The second-order valence-electron chi connectivity index (χ2n) is 5.19. The summed E-state index contributed by atoms with van der Waals surface area (Å²) in [5.41, 5.74) is 2.24. The van der Waals surface area contributed by atoms with Crippen LogP contribution in [-0.2, 0) is 11.3 Å². The van der Waals surface area contributed by atoms with E-state index in [0.29, 0.717) is 13.1 Å². The summed E-state index contributed by atoms with van der Waals surface area (Å²) < 4.78 is 5.13. The quantitative estimate of drug-likeness (QED) is 0.394. The van der Waals surface area contributed by atoms with E-state index in [1.807, 2.05) is 24.3 Å². The molecule has 0 saturated carbocycles. The molecule has 2 aromatic rings. The predicted octanol–water partition coefficient (Wildman–Crippen LogP) is 2.30. The Bertz CT molecular complexity index is 817. The highest BCUT2D eigenvalue weighted by Crippen LogP contribution is 2.17. The van der Waals surface area contributed by atoms with Crippen LogP contribution in [0, 0.1) is 10.1 Å². The van der Waals surface area contributed by atoms with Crippen molar-refractivity contribution in [1.29, 1.82) is 0 Å². The summed E-state index contributed by atoms with van der Waals surface area (Å²) in [6.07, 6.45) is 0. The number of nitro groups is 1. The van der Waals surface area contributed by atoms with Crippen LogP contribution in [0.2, 0.25) is 0 Å². The van der Waals surface area contributed by atoms with Gasteiger partial charge >= 0.3 is 5.97 Å². The highest BCUT2D eigenvalue weighted by Gasteiger charge is 2.15. The van der Waals surface area contributed by atoms with E-state index in [-0.39, 0.29) is 17.9 Å². The van der Waals surface area contributed by atoms with Crippen LogP contribution in [0.3, 0.4) is 0 Å². The molecule has 7 nitrogen and oxygen atoms in total. The van der Waals surface area contributed by atoms with Gasteiger partial charge in [0.05, 0.1) is 23.6 Å². The Labute approximate surface area is 138 Å². The number of aliphatic imine (C=N–C) groups is 1. The molecule has 0 unspecified atom stereocenters. The van der Waals surface area contributed by atoms with Gasteiger partial charge in [-0.05, 0) is 11.6 Å². The maximum absolute atomic E-state index is 11.9. The average molecular weight is 325 g/mol. The van der Waals surface area contributed by atoms with Gasteiger partial charge in [0.1, 0.15) is 12.4 Å². The Morgan fingerprint density at radius 2 is 2.08 bits per heavy atom. The van der Waals surface area contributed by atoms with Gasteiger partial charge in [0.25, 0.3) is 5.69 Å². The minimum Gasteiger partial charge on any atom is -0.460 e. The van der Waals surface area contributed by atoms with Crippen LogP contribution in [0.5, 0.6) is 0 Å². The molecule has 1 heterocycles. The first-order valence-corrected chi connectivity index (χ1v) is 7.43. The van der Waals surface area contributed by atoms with E-state index in [4.69, 9.17) is 4.74 Å². The van der Waals surface area contributed by atoms with Crippen LogP contribution in [0.1, 0.15) is 21.5 Å². The summed E-state index contributed by atoms with van der Waals surface area (Å²) in [6, 6.07) is 13.4. The molecule has 0 bridgehead atoms. The number of rotatable bonds is 5. The summed E-state index contributed by atoms with van der Waals surface area (Å²) in [4.78, 5) is 26.5. The van der Waals surface area contributed by atoms with Gasteiger partial charge < -0.3 is 10.1 Å².